The molecule has 6 heteroatoms. The summed E-state index contributed by atoms with van der Waals surface area (Å²) in [5.74, 6) is -0.663. The molecule has 1 unspecified atom stereocenters. The minimum absolute atomic E-state index is 0.121. The molecule has 0 bridgehead atoms. The van der Waals surface area contributed by atoms with Gasteiger partial charge in [-0.05, 0) is 38.3 Å². The highest BCUT2D eigenvalue weighted by Gasteiger charge is 2.35. The van der Waals surface area contributed by atoms with Crippen molar-refractivity contribution in [3.63, 3.8) is 0 Å². The Bertz CT molecular complexity index is 998. The number of aliphatic hydroxyl groups is 1. The summed E-state index contributed by atoms with van der Waals surface area (Å²) >= 11 is 0. The molecule has 150 valence electrons. The quantitative estimate of drug-likeness (QED) is 0.713. The molecule has 0 radical (unpaired) electrons. The minimum atomic E-state index is -0.281. The van der Waals surface area contributed by atoms with Crippen LogP contribution >= 0.6 is 0 Å². The number of nitrogens with one attached hydrogen (secondary N) is 1. The smallest absolute Gasteiger partial charge is 0.256 e. The molecule has 0 saturated carbocycles. The van der Waals surface area contributed by atoms with Crippen molar-refractivity contribution in [2.75, 3.05) is 25.0 Å². The lowest BCUT2D eigenvalue weighted by Gasteiger charge is -2.34. The molecule has 6 nitrogen and oxygen atoms in total. The number of nitrogens with zero attached hydrogens (tertiary/aromatic N) is 1. The molecule has 0 spiro atoms. The Morgan fingerprint density at radius 3 is 2.48 bits per heavy atom. The highest BCUT2D eigenvalue weighted by atomic mass is 16.3. The third-order valence-corrected chi connectivity index (χ3v) is 5.80. The largest absolute Gasteiger partial charge is 0.395 e. The van der Waals surface area contributed by atoms with Gasteiger partial charge >= 0.3 is 0 Å². The average molecular weight is 392 g/mol. The van der Waals surface area contributed by atoms with Crippen LogP contribution in [0.15, 0.2) is 36.4 Å². The van der Waals surface area contributed by atoms with Crippen LogP contribution in [0.5, 0.6) is 0 Å². The first-order valence-electron chi connectivity index (χ1n) is 10.1. The first-order valence-corrected chi connectivity index (χ1v) is 10.1. The van der Waals surface area contributed by atoms with Crippen LogP contribution in [-0.2, 0) is 0 Å². The number of aliphatic hydroxyl groups excluding tert-OH is 1. The molecule has 2 aliphatic rings. The summed E-state index contributed by atoms with van der Waals surface area (Å²) in [5, 5.41) is 12.4. The molecule has 2 aromatic carbocycles. The number of benzene rings is 2. The van der Waals surface area contributed by atoms with Gasteiger partial charge in [0.05, 0.1) is 23.4 Å². The van der Waals surface area contributed by atoms with Crippen molar-refractivity contribution in [3.8, 4) is 0 Å². The van der Waals surface area contributed by atoms with E-state index in [0.29, 0.717) is 28.9 Å². The van der Waals surface area contributed by atoms with Gasteiger partial charge in [-0.25, -0.2) is 0 Å². The minimum Gasteiger partial charge on any atom is -0.395 e. The zero-order valence-electron chi connectivity index (χ0n) is 16.4. The lowest BCUT2D eigenvalue weighted by Crippen LogP contribution is -2.42. The van der Waals surface area contributed by atoms with Gasteiger partial charge in [0, 0.05) is 35.8 Å². The molecular formula is C23H24N2O4. The van der Waals surface area contributed by atoms with E-state index in [9.17, 15) is 19.5 Å². The summed E-state index contributed by atoms with van der Waals surface area (Å²) < 4.78 is 0. The molecule has 1 amide bonds. The second-order valence-electron chi connectivity index (χ2n) is 7.61. The number of hydrogen-bond acceptors (Lipinski definition) is 5. The lowest BCUT2D eigenvalue weighted by atomic mass is 9.82. The van der Waals surface area contributed by atoms with Crippen LogP contribution < -0.4 is 5.32 Å². The number of ketones is 2. The molecule has 1 saturated heterocycles. The van der Waals surface area contributed by atoms with Crippen LogP contribution in [-0.4, -0.2) is 53.2 Å². The van der Waals surface area contributed by atoms with Gasteiger partial charge in [-0.2, -0.15) is 0 Å². The third kappa shape index (κ3) is 3.23. The van der Waals surface area contributed by atoms with Crippen molar-refractivity contribution < 1.29 is 19.5 Å². The highest BCUT2D eigenvalue weighted by Crippen LogP contribution is 2.35. The molecule has 1 atom stereocenters. The third-order valence-electron chi connectivity index (χ3n) is 5.80. The van der Waals surface area contributed by atoms with Crippen molar-refractivity contribution >= 4 is 23.2 Å². The molecule has 4 rings (SSSR count). The molecule has 2 N–H and O–H groups in total. The Morgan fingerprint density at radius 1 is 1.07 bits per heavy atom. The van der Waals surface area contributed by atoms with Crippen molar-refractivity contribution in [1.29, 1.82) is 0 Å². The summed E-state index contributed by atoms with van der Waals surface area (Å²) in [6.07, 6.45) is 2.99. The van der Waals surface area contributed by atoms with Crippen molar-refractivity contribution in [1.82, 2.24) is 4.90 Å². The first kappa shape index (κ1) is 19.3. The summed E-state index contributed by atoms with van der Waals surface area (Å²) in [7, 11) is 0. The fraction of sp³-hybridized carbons (Fsp3) is 0.348. The van der Waals surface area contributed by atoms with Gasteiger partial charge in [0.25, 0.3) is 5.91 Å². The van der Waals surface area contributed by atoms with Crippen LogP contribution in [0, 0.1) is 0 Å². The number of hydrogen-bond donors (Lipinski definition) is 2. The maximum atomic E-state index is 13.3. The lowest BCUT2D eigenvalue weighted by molar-refractivity contribution is 0.0636. The van der Waals surface area contributed by atoms with Crippen LogP contribution in [0.3, 0.4) is 0 Å². The topological polar surface area (TPSA) is 86.7 Å². The van der Waals surface area contributed by atoms with E-state index in [1.54, 1.807) is 36.4 Å². The number of carbonyl (C=O) groups excluding carboxylic acids is 3. The second kappa shape index (κ2) is 7.79. The van der Waals surface area contributed by atoms with E-state index in [4.69, 9.17) is 0 Å². The summed E-state index contributed by atoms with van der Waals surface area (Å²) in [5.41, 5.74) is 1.93. The number of amides is 1. The van der Waals surface area contributed by atoms with Gasteiger partial charge < -0.3 is 15.3 Å². The Hall–Kier alpha value is -2.99. The first-order chi connectivity index (χ1) is 14.0. The predicted octanol–water partition coefficient (Wildman–Crippen LogP) is 2.88. The molecule has 1 heterocycles. The van der Waals surface area contributed by atoms with Crippen LogP contribution in [0.2, 0.25) is 0 Å². The van der Waals surface area contributed by atoms with E-state index < -0.39 is 0 Å². The number of anilines is 1. The van der Waals surface area contributed by atoms with Crippen molar-refractivity contribution in [2.24, 2.45) is 0 Å². The van der Waals surface area contributed by atoms with E-state index in [1.165, 1.54) is 0 Å². The van der Waals surface area contributed by atoms with E-state index in [-0.39, 0.29) is 47.8 Å². The SMILES string of the molecule is CC1CCCCN1C(=O)c1ccc2c(c1NCCO)C(=O)c1ccccc1C2=O. The van der Waals surface area contributed by atoms with Gasteiger partial charge in [-0.1, -0.05) is 24.3 Å². The average Bonchev–Trinajstić information content (AvgIpc) is 2.75. The van der Waals surface area contributed by atoms with Crippen molar-refractivity contribution in [3.05, 3.63) is 64.2 Å². The van der Waals surface area contributed by atoms with Crippen molar-refractivity contribution in [2.45, 2.75) is 32.2 Å². The Labute approximate surface area is 169 Å². The molecule has 1 aliphatic heterocycles. The van der Waals surface area contributed by atoms with E-state index >= 15 is 0 Å². The Balaban J connectivity index is 1.85. The van der Waals surface area contributed by atoms with Gasteiger partial charge in [-0.15, -0.1) is 0 Å². The van der Waals surface area contributed by atoms with Gasteiger partial charge in [0.2, 0.25) is 0 Å². The normalized spacial score (nSPS) is 18.3. The molecule has 29 heavy (non-hydrogen) atoms. The fourth-order valence-electron chi connectivity index (χ4n) is 4.28. The predicted molar refractivity (Wildman–Crippen MR) is 110 cm³/mol. The summed E-state index contributed by atoms with van der Waals surface area (Å²) in [4.78, 5) is 41.4. The molecule has 1 aliphatic carbocycles. The standard InChI is InChI=1S/C23H24N2O4/c1-14-6-4-5-12-25(14)23(29)18-10-9-17-19(20(18)24-11-13-26)22(28)16-8-3-2-7-15(16)21(17)27/h2-3,7-10,14,24,26H,4-6,11-13H2,1H3. The summed E-state index contributed by atoms with van der Waals surface area (Å²) in [6, 6.07) is 10.1. The molecule has 2 aromatic rings. The number of rotatable bonds is 4. The fourth-order valence-corrected chi connectivity index (χ4v) is 4.28. The number of fused-ring (bicyclic) bond motifs is 2. The number of likely N-dealkylation sites (tertiary alicyclic amines) is 1. The van der Waals surface area contributed by atoms with E-state index in [0.717, 1.165) is 19.3 Å². The van der Waals surface area contributed by atoms with E-state index in [2.05, 4.69) is 5.32 Å². The summed E-state index contributed by atoms with van der Waals surface area (Å²) in [6.45, 7) is 2.72. The zero-order valence-corrected chi connectivity index (χ0v) is 16.4. The number of piperidine rings is 1. The number of carbonyl (C=O) groups is 3. The highest BCUT2D eigenvalue weighted by molar-refractivity contribution is 6.31. The Kier molecular flexibility index (Phi) is 5.20. The van der Waals surface area contributed by atoms with Gasteiger partial charge in [-0.3, -0.25) is 14.4 Å². The second-order valence-corrected chi connectivity index (χ2v) is 7.61. The monoisotopic (exact) mass is 392 g/mol. The molecular weight excluding hydrogens is 368 g/mol. The molecule has 1 fully saturated rings. The van der Waals surface area contributed by atoms with Gasteiger partial charge in [0.15, 0.2) is 11.6 Å². The molecule has 0 aromatic heterocycles. The van der Waals surface area contributed by atoms with E-state index in [1.807, 2.05) is 11.8 Å². The van der Waals surface area contributed by atoms with Crippen LogP contribution in [0.4, 0.5) is 5.69 Å². The maximum Gasteiger partial charge on any atom is 0.256 e. The zero-order chi connectivity index (χ0) is 20.5. The van der Waals surface area contributed by atoms with Crippen LogP contribution in [0.25, 0.3) is 0 Å². The van der Waals surface area contributed by atoms with Crippen LogP contribution in [0.1, 0.15) is 68.4 Å². The maximum absolute atomic E-state index is 13.3. The van der Waals surface area contributed by atoms with Gasteiger partial charge in [0.1, 0.15) is 0 Å². The Morgan fingerprint density at radius 2 is 1.79 bits per heavy atom.